The van der Waals surface area contributed by atoms with E-state index in [2.05, 4.69) is 5.32 Å². The molecule has 2 heterocycles. The molecule has 2 aromatic heterocycles. The molecule has 0 saturated heterocycles. The van der Waals surface area contributed by atoms with Crippen LogP contribution in [0.4, 0.5) is 5.69 Å². The Balaban J connectivity index is 1.46. The van der Waals surface area contributed by atoms with Crippen molar-refractivity contribution in [3.05, 3.63) is 105 Å². The van der Waals surface area contributed by atoms with Gasteiger partial charge in [-0.3, -0.25) is 4.79 Å². The number of anilines is 1. The number of amides is 1. The number of rotatable bonds is 5. The third kappa shape index (κ3) is 4.54. The van der Waals surface area contributed by atoms with Gasteiger partial charge in [-0.2, -0.15) is 0 Å². The molecule has 174 valence electrons. The van der Waals surface area contributed by atoms with Crippen molar-refractivity contribution in [3.63, 3.8) is 0 Å². The maximum atomic E-state index is 13.0. The van der Waals surface area contributed by atoms with E-state index in [1.807, 2.05) is 12.1 Å². The standard InChI is InChI=1S/C27H17Cl2NO5/c1-33-24-9-6-15(19-12-16-4-2-3-5-22(16)35-27(19)32)13-21(24)30-26(31)25-11-10-23(34-25)18-8-7-17(28)14-20(18)29/h2-14H,1H3,(H,30,31). The van der Waals surface area contributed by atoms with Crippen LogP contribution in [-0.2, 0) is 0 Å². The number of carbonyl (C=O) groups excluding carboxylic acids is 1. The summed E-state index contributed by atoms with van der Waals surface area (Å²) in [6.45, 7) is 0. The Labute approximate surface area is 209 Å². The van der Waals surface area contributed by atoms with Gasteiger partial charge in [-0.05, 0) is 60.2 Å². The summed E-state index contributed by atoms with van der Waals surface area (Å²) in [4.78, 5) is 25.6. The number of methoxy groups -OCH3 is 1. The molecule has 1 amide bonds. The first kappa shape index (κ1) is 22.8. The molecule has 0 fully saturated rings. The van der Waals surface area contributed by atoms with Crippen LogP contribution in [0.2, 0.25) is 10.0 Å². The van der Waals surface area contributed by atoms with Crippen LogP contribution in [0.3, 0.4) is 0 Å². The van der Waals surface area contributed by atoms with E-state index < -0.39 is 11.5 Å². The van der Waals surface area contributed by atoms with Crippen LogP contribution in [0.5, 0.6) is 5.75 Å². The maximum Gasteiger partial charge on any atom is 0.344 e. The molecule has 6 nitrogen and oxygen atoms in total. The highest BCUT2D eigenvalue weighted by atomic mass is 35.5. The number of hydrogen-bond donors (Lipinski definition) is 1. The van der Waals surface area contributed by atoms with E-state index in [0.717, 1.165) is 5.39 Å². The lowest BCUT2D eigenvalue weighted by atomic mass is 10.0. The van der Waals surface area contributed by atoms with Gasteiger partial charge in [-0.25, -0.2) is 4.79 Å². The number of halogens is 2. The Hall–Kier alpha value is -4.00. The van der Waals surface area contributed by atoms with Crippen molar-refractivity contribution in [1.82, 2.24) is 0 Å². The molecule has 3 aromatic carbocycles. The van der Waals surface area contributed by atoms with Crippen molar-refractivity contribution in [1.29, 1.82) is 0 Å². The zero-order valence-electron chi connectivity index (χ0n) is 18.3. The fraction of sp³-hybridized carbons (Fsp3) is 0.0370. The highest BCUT2D eigenvalue weighted by Crippen LogP contribution is 2.33. The number of nitrogens with one attached hydrogen (secondary N) is 1. The van der Waals surface area contributed by atoms with Crippen LogP contribution < -0.4 is 15.7 Å². The lowest BCUT2D eigenvalue weighted by Crippen LogP contribution is -2.12. The van der Waals surface area contributed by atoms with Gasteiger partial charge in [-0.1, -0.05) is 47.5 Å². The zero-order valence-corrected chi connectivity index (χ0v) is 19.8. The van der Waals surface area contributed by atoms with Gasteiger partial charge in [-0.15, -0.1) is 0 Å². The Morgan fingerprint density at radius 2 is 1.71 bits per heavy atom. The molecule has 0 unspecified atom stereocenters. The summed E-state index contributed by atoms with van der Waals surface area (Å²) in [5.41, 5.74) is 1.91. The van der Waals surface area contributed by atoms with E-state index in [1.54, 1.807) is 66.7 Å². The van der Waals surface area contributed by atoms with Crippen molar-refractivity contribution in [3.8, 4) is 28.2 Å². The SMILES string of the molecule is COc1ccc(-c2cc3ccccc3oc2=O)cc1NC(=O)c1ccc(-c2ccc(Cl)cc2Cl)o1. The summed E-state index contributed by atoms with van der Waals surface area (Å²) in [5.74, 6) is 0.414. The molecule has 1 N–H and O–H groups in total. The van der Waals surface area contributed by atoms with Crippen LogP contribution in [0.25, 0.3) is 33.4 Å². The van der Waals surface area contributed by atoms with Crippen molar-refractivity contribution >= 4 is 45.8 Å². The van der Waals surface area contributed by atoms with Gasteiger partial charge in [0.15, 0.2) is 5.76 Å². The third-order valence-corrected chi connectivity index (χ3v) is 5.97. The second kappa shape index (κ2) is 9.33. The van der Waals surface area contributed by atoms with Gasteiger partial charge >= 0.3 is 5.63 Å². The Kier molecular flexibility index (Phi) is 6.07. The molecular formula is C27H17Cl2NO5. The largest absolute Gasteiger partial charge is 0.495 e. The number of ether oxygens (including phenoxy) is 1. The second-order valence-electron chi connectivity index (χ2n) is 7.64. The number of carbonyl (C=O) groups is 1. The van der Waals surface area contributed by atoms with Gasteiger partial charge in [0.05, 0.1) is 23.4 Å². The third-order valence-electron chi connectivity index (χ3n) is 5.43. The van der Waals surface area contributed by atoms with E-state index in [-0.39, 0.29) is 5.76 Å². The molecule has 0 bridgehead atoms. The first-order valence-corrected chi connectivity index (χ1v) is 11.3. The Bertz CT molecular complexity index is 1640. The minimum atomic E-state index is -0.498. The first-order valence-electron chi connectivity index (χ1n) is 10.5. The average Bonchev–Trinajstić information content (AvgIpc) is 3.34. The number of benzene rings is 3. The van der Waals surface area contributed by atoms with Gasteiger partial charge in [0, 0.05) is 16.0 Å². The lowest BCUT2D eigenvalue weighted by molar-refractivity contribution is 0.0997. The molecule has 0 aliphatic rings. The van der Waals surface area contributed by atoms with Crippen molar-refractivity contribution < 1.29 is 18.4 Å². The van der Waals surface area contributed by atoms with Crippen LogP contribution in [0.15, 0.2) is 92.5 Å². The molecule has 8 heteroatoms. The number of hydrogen-bond acceptors (Lipinski definition) is 5. The van der Waals surface area contributed by atoms with Gasteiger partial charge < -0.3 is 18.9 Å². The minimum Gasteiger partial charge on any atom is -0.495 e. The molecular weight excluding hydrogens is 489 g/mol. The molecule has 0 aliphatic carbocycles. The van der Waals surface area contributed by atoms with Gasteiger partial charge in [0.2, 0.25) is 0 Å². The molecule has 35 heavy (non-hydrogen) atoms. The summed E-state index contributed by atoms with van der Waals surface area (Å²) in [5, 5.41) is 4.47. The number of fused-ring (bicyclic) bond motifs is 1. The average molecular weight is 506 g/mol. The molecule has 0 saturated carbocycles. The Morgan fingerprint density at radius 1 is 0.886 bits per heavy atom. The number of furan rings is 1. The van der Waals surface area contributed by atoms with E-state index in [1.165, 1.54) is 7.11 Å². The summed E-state index contributed by atoms with van der Waals surface area (Å²) in [6.07, 6.45) is 0. The fourth-order valence-corrected chi connectivity index (χ4v) is 4.22. The van der Waals surface area contributed by atoms with E-state index >= 15 is 0 Å². The fourth-order valence-electron chi connectivity index (χ4n) is 3.71. The number of para-hydroxylation sites is 1. The second-order valence-corrected chi connectivity index (χ2v) is 8.49. The molecule has 0 spiro atoms. The molecule has 0 atom stereocenters. The van der Waals surface area contributed by atoms with E-state index in [4.69, 9.17) is 36.8 Å². The zero-order chi connectivity index (χ0) is 24.5. The predicted octanol–water partition coefficient (Wildman–Crippen LogP) is 7.29. The maximum absolute atomic E-state index is 13.0. The summed E-state index contributed by atoms with van der Waals surface area (Å²) in [7, 11) is 1.49. The summed E-state index contributed by atoms with van der Waals surface area (Å²) < 4.78 is 16.6. The molecule has 5 aromatic rings. The highest BCUT2D eigenvalue weighted by molar-refractivity contribution is 6.36. The predicted molar refractivity (Wildman–Crippen MR) is 137 cm³/mol. The Morgan fingerprint density at radius 3 is 2.51 bits per heavy atom. The van der Waals surface area contributed by atoms with Crippen LogP contribution in [-0.4, -0.2) is 13.0 Å². The van der Waals surface area contributed by atoms with Crippen molar-refractivity contribution in [2.45, 2.75) is 0 Å². The molecule has 5 rings (SSSR count). The minimum absolute atomic E-state index is 0.0729. The van der Waals surface area contributed by atoms with Gasteiger partial charge in [0.1, 0.15) is 17.1 Å². The van der Waals surface area contributed by atoms with Crippen molar-refractivity contribution in [2.24, 2.45) is 0 Å². The first-order chi connectivity index (χ1) is 16.9. The smallest absolute Gasteiger partial charge is 0.344 e. The van der Waals surface area contributed by atoms with Crippen LogP contribution in [0, 0.1) is 0 Å². The van der Waals surface area contributed by atoms with Crippen LogP contribution >= 0.6 is 23.2 Å². The van der Waals surface area contributed by atoms with E-state index in [9.17, 15) is 9.59 Å². The highest BCUT2D eigenvalue weighted by Gasteiger charge is 2.17. The topological polar surface area (TPSA) is 81.7 Å². The molecule has 0 aliphatic heterocycles. The van der Waals surface area contributed by atoms with E-state index in [0.29, 0.717) is 49.5 Å². The summed E-state index contributed by atoms with van der Waals surface area (Å²) >= 11 is 12.2. The normalized spacial score (nSPS) is 10.9. The summed E-state index contributed by atoms with van der Waals surface area (Å²) in [6, 6.07) is 22.2. The van der Waals surface area contributed by atoms with Crippen molar-refractivity contribution in [2.75, 3.05) is 12.4 Å². The van der Waals surface area contributed by atoms with Gasteiger partial charge in [0.25, 0.3) is 5.91 Å². The quantitative estimate of drug-likeness (QED) is 0.253. The van der Waals surface area contributed by atoms with Crippen LogP contribution in [0.1, 0.15) is 10.6 Å². The molecule has 0 radical (unpaired) electrons. The monoisotopic (exact) mass is 505 g/mol. The lowest BCUT2D eigenvalue weighted by Gasteiger charge is -2.11.